The van der Waals surface area contributed by atoms with Crippen LogP contribution in [0.15, 0.2) is 89.1 Å². The van der Waals surface area contributed by atoms with Gasteiger partial charge in [0.05, 0.1) is 0 Å². The first-order valence-corrected chi connectivity index (χ1v) is 12.1. The molecule has 2 unspecified atom stereocenters. The summed E-state index contributed by atoms with van der Waals surface area (Å²) in [7, 11) is 0. The fourth-order valence-corrected chi connectivity index (χ4v) is 4.72. The molecule has 1 saturated carbocycles. The standard InChI is InChI=1S/C27H32.2C2H6/c1-8-23(17(3)4)26-16-22-14-19(6)25(27(22)20(7)24(26)9-2)15-21-13-11-10-12-18(21)5;2*1-2/h10-13,15-16,23,27H,3,6-9,14H2,1-2,4-5H3;2*1-2H3/b25-15+;;. The van der Waals surface area contributed by atoms with Crippen LogP contribution in [0.3, 0.4) is 0 Å². The van der Waals surface area contributed by atoms with E-state index in [1.54, 1.807) is 0 Å². The summed E-state index contributed by atoms with van der Waals surface area (Å²) in [6, 6.07) is 8.57. The van der Waals surface area contributed by atoms with Gasteiger partial charge < -0.3 is 0 Å². The lowest BCUT2D eigenvalue weighted by atomic mass is 9.73. The molecule has 2 aliphatic carbocycles. The van der Waals surface area contributed by atoms with Crippen molar-refractivity contribution in [2.75, 3.05) is 0 Å². The molecule has 0 saturated heterocycles. The summed E-state index contributed by atoms with van der Waals surface area (Å²) < 4.78 is 0. The van der Waals surface area contributed by atoms with E-state index in [0.29, 0.717) is 11.8 Å². The largest absolute Gasteiger partial charge is 0.0995 e. The maximum Gasteiger partial charge on any atom is 0.0305 e. The van der Waals surface area contributed by atoms with Gasteiger partial charge in [0.25, 0.3) is 0 Å². The molecule has 1 fully saturated rings. The lowest BCUT2D eigenvalue weighted by Gasteiger charge is -2.31. The molecule has 1 aromatic rings. The van der Waals surface area contributed by atoms with Crippen LogP contribution in [0.4, 0.5) is 0 Å². The van der Waals surface area contributed by atoms with E-state index in [2.05, 4.69) is 83.8 Å². The van der Waals surface area contributed by atoms with Crippen LogP contribution in [0.5, 0.6) is 0 Å². The summed E-state index contributed by atoms with van der Waals surface area (Å²) in [6.45, 7) is 30.1. The Bertz CT molecular complexity index is 898. The van der Waals surface area contributed by atoms with Gasteiger partial charge >= 0.3 is 0 Å². The molecule has 0 aliphatic heterocycles. The number of benzene rings is 1. The number of allylic oxidation sites excluding steroid dienone is 8. The molecule has 0 aromatic heterocycles. The Morgan fingerprint density at radius 1 is 1.10 bits per heavy atom. The van der Waals surface area contributed by atoms with Crippen molar-refractivity contribution < 1.29 is 0 Å². The second kappa shape index (κ2) is 12.5. The van der Waals surface area contributed by atoms with Gasteiger partial charge in [-0.1, -0.05) is 109 Å². The molecular formula is C31H44. The second-order valence-electron chi connectivity index (χ2n) is 8.01. The first kappa shape index (κ1) is 26.7. The second-order valence-corrected chi connectivity index (χ2v) is 8.01. The van der Waals surface area contributed by atoms with Crippen LogP contribution in [-0.4, -0.2) is 0 Å². The maximum absolute atomic E-state index is 4.57. The van der Waals surface area contributed by atoms with E-state index in [0.717, 1.165) is 19.3 Å². The third-order valence-corrected chi connectivity index (χ3v) is 6.16. The van der Waals surface area contributed by atoms with Crippen molar-refractivity contribution in [3.63, 3.8) is 0 Å². The van der Waals surface area contributed by atoms with Crippen LogP contribution in [-0.2, 0) is 0 Å². The van der Waals surface area contributed by atoms with Gasteiger partial charge in [-0.2, -0.15) is 0 Å². The Labute approximate surface area is 192 Å². The average molecular weight is 417 g/mol. The highest BCUT2D eigenvalue weighted by atomic mass is 14.4. The SMILES string of the molecule is C=C1CC2=CC(C(CC)C(=C)C)=C(CC)C(=C)C2/C1=C/c1ccccc1C.CC.CC. The predicted octanol–water partition coefficient (Wildman–Crippen LogP) is 9.81. The predicted molar refractivity (Wildman–Crippen MR) is 142 cm³/mol. The third kappa shape index (κ3) is 5.67. The summed E-state index contributed by atoms with van der Waals surface area (Å²) in [4.78, 5) is 0. The monoisotopic (exact) mass is 416 g/mol. The molecular weight excluding hydrogens is 372 g/mol. The summed E-state index contributed by atoms with van der Waals surface area (Å²) in [6.07, 6.45) is 7.84. The van der Waals surface area contributed by atoms with Gasteiger partial charge in [0, 0.05) is 11.8 Å². The van der Waals surface area contributed by atoms with Crippen LogP contribution < -0.4 is 0 Å². The average Bonchev–Trinajstić information content (AvgIpc) is 3.08. The van der Waals surface area contributed by atoms with Gasteiger partial charge in [-0.15, -0.1) is 0 Å². The first-order valence-electron chi connectivity index (χ1n) is 12.1. The van der Waals surface area contributed by atoms with E-state index < -0.39 is 0 Å². The molecule has 0 radical (unpaired) electrons. The molecule has 0 heterocycles. The van der Waals surface area contributed by atoms with Gasteiger partial charge in [0.1, 0.15) is 0 Å². The van der Waals surface area contributed by atoms with Crippen molar-refractivity contribution in [1.29, 1.82) is 0 Å². The molecule has 0 N–H and O–H groups in total. The zero-order chi connectivity index (χ0) is 23.7. The molecule has 168 valence electrons. The molecule has 2 aliphatic rings. The molecule has 0 heteroatoms. The van der Waals surface area contributed by atoms with Gasteiger partial charge in [0.15, 0.2) is 0 Å². The zero-order valence-corrected chi connectivity index (χ0v) is 21.4. The zero-order valence-electron chi connectivity index (χ0n) is 21.4. The highest BCUT2D eigenvalue weighted by Crippen LogP contribution is 2.51. The quantitative estimate of drug-likeness (QED) is 0.419. The Morgan fingerprint density at radius 3 is 2.23 bits per heavy atom. The fourth-order valence-electron chi connectivity index (χ4n) is 4.72. The van der Waals surface area contributed by atoms with Gasteiger partial charge in [-0.25, -0.2) is 0 Å². The van der Waals surface area contributed by atoms with E-state index >= 15 is 0 Å². The Hall–Kier alpha value is -2.34. The number of aryl methyl sites for hydroxylation is 1. The normalized spacial score (nSPS) is 19.7. The van der Waals surface area contributed by atoms with Crippen LogP contribution in [0.1, 0.15) is 78.9 Å². The molecule has 0 bridgehead atoms. The van der Waals surface area contributed by atoms with Crippen molar-refractivity contribution in [2.45, 2.75) is 74.7 Å². The maximum atomic E-state index is 4.57. The Morgan fingerprint density at radius 2 is 1.71 bits per heavy atom. The summed E-state index contributed by atoms with van der Waals surface area (Å²) in [5.74, 6) is 0.709. The Balaban J connectivity index is 0.00000113. The summed E-state index contributed by atoms with van der Waals surface area (Å²) >= 11 is 0. The first-order chi connectivity index (χ1) is 14.9. The van der Waals surface area contributed by atoms with Crippen LogP contribution in [0.2, 0.25) is 0 Å². The van der Waals surface area contributed by atoms with Gasteiger partial charge in [0.2, 0.25) is 0 Å². The lowest BCUT2D eigenvalue weighted by molar-refractivity contribution is 0.677. The highest BCUT2D eigenvalue weighted by Gasteiger charge is 2.36. The lowest BCUT2D eigenvalue weighted by Crippen LogP contribution is -2.16. The number of hydrogen-bond acceptors (Lipinski definition) is 0. The fraction of sp³-hybridized carbons (Fsp3) is 0.419. The smallest absolute Gasteiger partial charge is 0.0305 e. The Kier molecular flexibility index (Phi) is 10.8. The number of hydrogen-bond donors (Lipinski definition) is 0. The van der Waals surface area contributed by atoms with Crippen LogP contribution >= 0.6 is 0 Å². The minimum Gasteiger partial charge on any atom is -0.0995 e. The van der Waals surface area contributed by atoms with Crippen molar-refractivity contribution in [3.05, 3.63) is 100 Å². The van der Waals surface area contributed by atoms with Crippen molar-refractivity contribution in [3.8, 4) is 0 Å². The van der Waals surface area contributed by atoms with E-state index in [1.165, 1.54) is 50.1 Å². The molecule has 2 atom stereocenters. The molecule has 31 heavy (non-hydrogen) atoms. The van der Waals surface area contributed by atoms with Crippen molar-refractivity contribution >= 4 is 6.08 Å². The van der Waals surface area contributed by atoms with E-state index in [1.807, 2.05) is 27.7 Å². The summed E-state index contributed by atoms with van der Waals surface area (Å²) in [5, 5.41) is 0. The van der Waals surface area contributed by atoms with E-state index in [-0.39, 0.29) is 0 Å². The molecule has 0 nitrogen and oxygen atoms in total. The van der Waals surface area contributed by atoms with E-state index in [9.17, 15) is 0 Å². The molecule has 3 rings (SSSR count). The van der Waals surface area contributed by atoms with Crippen LogP contribution in [0.25, 0.3) is 6.08 Å². The van der Waals surface area contributed by atoms with Crippen molar-refractivity contribution in [2.24, 2.45) is 11.8 Å². The van der Waals surface area contributed by atoms with Gasteiger partial charge in [-0.3, -0.25) is 0 Å². The molecule has 0 amide bonds. The minimum atomic E-state index is 0.290. The topological polar surface area (TPSA) is 0 Å². The molecule has 1 aromatic carbocycles. The van der Waals surface area contributed by atoms with Crippen molar-refractivity contribution in [1.82, 2.24) is 0 Å². The number of rotatable bonds is 5. The minimum absolute atomic E-state index is 0.290. The van der Waals surface area contributed by atoms with Gasteiger partial charge in [-0.05, 0) is 72.1 Å². The van der Waals surface area contributed by atoms with Crippen LogP contribution in [0, 0.1) is 18.8 Å². The third-order valence-electron chi connectivity index (χ3n) is 6.16. The van der Waals surface area contributed by atoms with E-state index in [4.69, 9.17) is 0 Å². The molecule has 0 spiro atoms. The summed E-state index contributed by atoms with van der Waals surface area (Å²) in [5.41, 5.74) is 12.0. The number of fused-ring (bicyclic) bond motifs is 1. The highest BCUT2D eigenvalue weighted by molar-refractivity contribution is 5.71.